The van der Waals surface area contributed by atoms with Gasteiger partial charge in [0.1, 0.15) is 18.2 Å². The van der Waals surface area contributed by atoms with Crippen molar-refractivity contribution in [2.24, 2.45) is 0 Å². The predicted molar refractivity (Wildman–Crippen MR) is 74.0 cm³/mol. The van der Waals surface area contributed by atoms with Crippen LogP contribution in [0.25, 0.3) is 0 Å². The van der Waals surface area contributed by atoms with Crippen LogP contribution < -0.4 is 10.5 Å². The summed E-state index contributed by atoms with van der Waals surface area (Å²) in [6.07, 6.45) is 0. The van der Waals surface area contributed by atoms with Crippen LogP contribution in [0, 0.1) is 12.7 Å². The normalized spacial score (nSPS) is 10.4. The molecule has 0 aliphatic carbocycles. The van der Waals surface area contributed by atoms with Gasteiger partial charge in [-0.1, -0.05) is 28.1 Å². The summed E-state index contributed by atoms with van der Waals surface area (Å²) in [5, 5.41) is 0. The molecule has 2 rings (SSSR count). The van der Waals surface area contributed by atoms with Gasteiger partial charge in [0.2, 0.25) is 0 Å². The summed E-state index contributed by atoms with van der Waals surface area (Å²) in [5.74, 6) is 0.255. The second-order valence-corrected chi connectivity index (χ2v) is 4.90. The van der Waals surface area contributed by atoms with E-state index < -0.39 is 0 Å². The molecule has 0 amide bonds. The van der Waals surface area contributed by atoms with Crippen LogP contribution in [0.5, 0.6) is 5.75 Å². The molecule has 0 bridgehead atoms. The number of anilines is 1. The second-order valence-electron chi connectivity index (χ2n) is 4.05. The van der Waals surface area contributed by atoms with Gasteiger partial charge in [0.15, 0.2) is 0 Å². The Kier molecular flexibility index (Phi) is 3.87. The zero-order valence-electron chi connectivity index (χ0n) is 9.91. The zero-order valence-corrected chi connectivity index (χ0v) is 11.5. The molecular formula is C14H13BrFNO. The molecule has 0 aromatic heterocycles. The van der Waals surface area contributed by atoms with E-state index in [1.54, 1.807) is 25.1 Å². The smallest absolute Gasteiger partial charge is 0.129 e. The van der Waals surface area contributed by atoms with Gasteiger partial charge < -0.3 is 10.5 Å². The van der Waals surface area contributed by atoms with Crippen LogP contribution in [-0.4, -0.2) is 0 Å². The number of aryl methyl sites for hydroxylation is 1. The maximum absolute atomic E-state index is 13.3. The fraction of sp³-hybridized carbons (Fsp3) is 0.143. The maximum atomic E-state index is 13.3. The average Bonchev–Trinajstić information content (AvgIpc) is 2.32. The largest absolute Gasteiger partial charge is 0.489 e. The number of nitrogens with two attached hydrogens (primary N) is 1. The summed E-state index contributed by atoms with van der Waals surface area (Å²) in [6, 6.07) is 10.3. The molecule has 0 fully saturated rings. The van der Waals surface area contributed by atoms with E-state index in [1.165, 1.54) is 6.07 Å². The fourth-order valence-corrected chi connectivity index (χ4v) is 2.02. The van der Waals surface area contributed by atoms with E-state index >= 15 is 0 Å². The molecule has 2 aromatic rings. The van der Waals surface area contributed by atoms with Gasteiger partial charge in [0.25, 0.3) is 0 Å². The molecule has 0 aliphatic rings. The maximum Gasteiger partial charge on any atom is 0.129 e. The van der Waals surface area contributed by atoms with E-state index in [9.17, 15) is 4.39 Å². The van der Waals surface area contributed by atoms with E-state index in [2.05, 4.69) is 15.9 Å². The number of halogens is 2. The summed E-state index contributed by atoms with van der Waals surface area (Å²) in [6.45, 7) is 2.08. The molecule has 0 unspecified atom stereocenters. The molecule has 0 spiro atoms. The minimum atomic E-state index is -0.260. The molecule has 2 N–H and O–H groups in total. The number of ether oxygens (including phenoxy) is 1. The number of hydrogen-bond donors (Lipinski definition) is 1. The Balaban J connectivity index is 2.09. The summed E-state index contributed by atoms with van der Waals surface area (Å²) >= 11 is 3.41. The van der Waals surface area contributed by atoms with Gasteiger partial charge in [0.05, 0.1) is 0 Å². The van der Waals surface area contributed by atoms with Gasteiger partial charge in [-0.3, -0.25) is 0 Å². The van der Waals surface area contributed by atoms with Crippen molar-refractivity contribution in [2.75, 3.05) is 5.73 Å². The Morgan fingerprint density at radius 2 is 2.00 bits per heavy atom. The van der Waals surface area contributed by atoms with Crippen molar-refractivity contribution >= 4 is 21.6 Å². The topological polar surface area (TPSA) is 35.2 Å². The van der Waals surface area contributed by atoms with Crippen molar-refractivity contribution in [1.29, 1.82) is 0 Å². The van der Waals surface area contributed by atoms with E-state index in [-0.39, 0.29) is 5.82 Å². The Labute approximate surface area is 114 Å². The molecule has 0 saturated heterocycles. The molecule has 0 atom stereocenters. The predicted octanol–water partition coefficient (Wildman–Crippen LogP) is 4.06. The summed E-state index contributed by atoms with van der Waals surface area (Å²) in [5.41, 5.74) is 7.91. The molecule has 0 radical (unpaired) electrons. The summed E-state index contributed by atoms with van der Waals surface area (Å²) in [4.78, 5) is 0. The Bertz CT molecular complexity index is 572. The molecule has 4 heteroatoms. The van der Waals surface area contributed by atoms with Gasteiger partial charge in [-0.2, -0.15) is 0 Å². The highest BCUT2D eigenvalue weighted by atomic mass is 79.9. The van der Waals surface area contributed by atoms with Gasteiger partial charge in [-0.05, 0) is 30.7 Å². The van der Waals surface area contributed by atoms with Crippen LogP contribution in [0.15, 0.2) is 40.9 Å². The van der Waals surface area contributed by atoms with E-state index in [1.807, 2.05) is 12.1 Å². The molecular weight excluding hydrogens is 297 g/mol. The summed E-state index contributed by atoms with van der Waals surface area (Å²) < 4.78 is 19.8. The minimum absolute atomic E-state index is 0.260. The number of benzene rings is 2. The van der Waals surface area contributed by atoms with Crippen LogP contribution in [0.2, 0.25) is 0 Å². The highest BCUT2D eigenvalue weighted by Gasteiger charge is 2.03. The van der Waals surface area contributed by atoms with Gasteiger partial charge in [0, 0.05) is 21.8 Å². The van der Waals surface area contributed by atoms with Crippen LogP contribution in [0.1, 0.15) is 11.1 Å². The third-order valence-corrected chi connectivity index (χ3v) is 3.35. The van der Waals surface area contributed by atoms with Crippen molar-refractivity contribution in [3.63, 3.8) is 0 Å². The zero-order chi connectivity index (χ0) is 13.1. The standard InChI is InChI=1S/C14H13BrFNO/c1-9-2-5-12(7-14(9)16)18-8-10-3-4-11(17)6-13(10)15/h2-7H,8,17H2,1H3. The monoisotopic (exact) mass is 309 g/mol. The Morgan fingerprint density at radius 3 is 2.67 bits per heavy atom. The molecule has 2 aromatic carbocycles. The van der Waals surface area contributed by atoms with E-state index in [0.717, 1.165) is 10.0 Å². The van der Waals surface area contributed by atoms with Crippen molar-refractivity contribution in [3.05, 3.63) is 57.8 Å². The highest BCUT2D eigenvalue weighted by Crippen LogP contribution is 2.22. The number of nitrogen functional groups attached to an aromatic ring is 1. The SMILES string of the molecule is Cc1ccc(OCc2ccc(N)cc2Br)cc1F. The third kappa shape index (κ3) is 3.01. The molecule has 0 heterocycles. The van der Waals surface area contributed by atoms with Gasteiger partial charge in [-0.25, -0.2) is 4.39 Å². The lowest BCUT2D eigenvalue weighted by Gasteiger charge is -2.09. The van der Waals surface area contributed by atoms with Crippen molar-refractivity contribution in [3.8, 4) is 5.75 Å². The van der Waals surface area contributed by atoms with E-state index in [0.29, 0.717) is 23.6 Å². The minimum Gasteiger partial charge on any atom is -0.489 e. The quantitative estimate of drug-likeness (QED) is 0.868. The molecule has 18 heavy (non-hydrogen) atoms. The fourth-order valence-electron chi connectivity index (χ4n) is 1.51. The van der Waals surface area contributed by atoms with Crippen LogP contribution in [0.3, 0.4) is 0 Å². The Morgan fingerprint density at radius 1 is 1.22 bits per heavy atom. The Hall–Kier alpha value is -1.55. The first kappa shape index (κ1) is 12.9. The summed E-state index contributed by atoms with van der Waals surface area (Å²) in [7, 11) is 0. The van der Waals surface area contributed by atoms with Gasteiger partial charge >= 0.3 is 0 Å². The molecule has 94 valence electrons. The van der Waals surface area contributed by atoms with Crippen LogP contribution >= 0.6 is 15.9 Å². The molecule has 0 aliphatic heterocycles. The highest BCUT2D eigenvalue weighted by molar-refractivity contribution is 9.10. The van der Waals surface area contributed by atoms with Crippen molar-refractivity contribution in [2.45, 2.75) is 13.5 Å². The number of hydrogen-bond acceptors (Lipinski definition) is 2. The lowest BCUT2D eigenvalue weighted by atomic mass is 10.2. The first-order chi connectivity index (χ1) is 8.56. The van der Waals surface area contributed by atoms with Gasteiger partial charge in [-0.15, -0.1) is 0 Å². The lowest BCUT2D eigenvalue weighted by molar-refractivity contribution is 0.303. The number of rotatable bonds is 3. The second kappa shape index (κ2) is 5.40. The first-order valence-corrected chi connectivity index (χ1v) is 6.28. The third-order valence-electron chi connectivity index (χ3n) is 2.61. The van der Waals surface area contributed by atoms with Crippen molar-refractivity contribution < 1.29 is 9.13 Å². The molecule has 0 saturated carbocycles. The average molecular weight is 310 g/mol. The van der Waals surface area contributed by atoms with E-state index in [4.69, 9.17) is 10.5 Å². The van der Waals surface area contributed by atoms with Crippen LogP contribution in [-0.2, 0) is 6.61 Å². The first-order valence-electron chi connectivity index (χ1n) is 5.49. The van der Waals surface area contributed by atoms with Crippen LogP contribution in [0.4, 0.5) is 10.1 Å². The van der Waals surface area contributed by atoms with Crippen molar-refractivity contribution in [1.82, 2.24) is 0 Å². The lowest BCUT2D eigenvalue weighted by Crippen LogP contribution is -1.98. The molecule has 2 nitrogen and oxygen atoms in total.